The number of piperazine rings is 1. The van der Waals surface area contributed by atoms with Crippen LogP contribution in [0.25, 0.3) is 0 Å². The van der Waals surface area contributed by atoms with E-state index >= 15 is 0 Å². The van der Waals surface area contributed by atoms with Gasteiger partial charge in [0.15, 0.2) is 5.13 Å². The Morgan fingerprint density at radius 1 is 1.28 bits per heavy atom. The summed E-state index contributed by atoms with van der Waals surface area (Å²) in [6.45, 7) is 7.94. The largest absolute Gasteiger partial charge is 0.375 e. The molecule has 1 aromatic heterocycles. The van der Waals surface area contributed by atoms with E-state index < -0.39 is 0 Å². The highest BCUT2D eigenvalue weighted by atomic mass is 32.1. The predicted molar refractivity (Wildman–Crippen MR) is 76.8 cm³/mol. The van der Waals surface area contributed by atoms with Gasteiger partial charge in [-0.25, -0.2) is 4.98 Å². The van der Waals surface area contributed by atoms with E-state index in [1.165, 1.54) is 24.5 Å². The summed E-state index contributed by atoms with van der Waals surface area (Å²) in [5.74, 6) is 0. The molecule has 2 rings (SSSR count). The molecule has 1 fully saturated rings. The molecule has 6 heteroatoms. The summed E-state index contributed by atoms with van der Waals surface area (Å²) in [7, 11) is 4.26. The summed E-state index contributed by atoms with van der Waals surface area (Å²) in [6, 6.07) is 0. The molecule has 1 aliphatic rings. The molecule has 0 bridgehead atoms. The van der Waals surface area contributed by atoms with Gasteiger partial charge in [0.1, 0.15) is 0 Å². The minimum Gasteiger partial charge on any atom is -0.375 e. The maximum absolute atomic E-state index is 5.65. The van der Waals surface area contributed by atoms with Gasteiger partial charge in [0.05, 0.1) is 0 Å². The summed E-state index contributed by atoms with van der Waals surface area (Å²) in [6.07, 6.45) is 1.90. The third-order valence-corrected chi connectivity index (χ3v) is 4.09. The highest BCUT2D eigenvalue weighted by Crippen LogP contribution is 2.17. The first-order valence-corrected chi connectivity index (χ1v) is 7.25. The lowest BCUT2D eigenvalue weighted by atomic mass is 10.3. The second kappa shape index (κ2) is 6.47. The first-order valence-electron chi connectivity index (χ1n) is 6.43. The lowest BCUT2D eigenvalue weighted by Crippen LogP contribution is -2.47. The molecule has 1 aliphatic heterocycles. The first kappa shape index (κ1) is 13.7. The number of likely N-dealkylation sites (N-methyl/N-ethyl adjacent to an activating group) is 1. The van der Waals surface area contributed by atoms with Gasteiger partial charge in [-0.15, -0.1) is 11.3 Å². The van der Waals surface area contributed by atoms with Crippen LogP contribution in [0, 0.1) is 0 Å². The van der Waals surface area contributed by atoms with Crippen LogP contribution >= 0.6 is 11.3 Å². The zero-order chi connectivity index (χ0) is 13.0. The van der Waals surface area contributed by atoms with Gasteiger partial charge in [-0.2, -0.15) is 0 Å². The Morgan fingerprint density at radius 2 is 1.94 bits per heavy atom. The summed E-state index contributed by atoms with van der Waals surface area (Å²) in [5.41, 5.74) is 5.65. The van der Waals surface area contributed by atoms with Gasteiger partial charge in [-0.05, 0) is 14.1 Å². The van der Waals surface area contributed by atoms with Crippen molar-refractivity contribution in [2.45, 2.75) is 6.54 Å². The molecule has 0 aromatic carbocycles. The molecule has 0 spiro atoms. The number of nitrogen functional groups attached to an aromatic ring is 1. The van der Waals surface area contributed by atoms with Crippen molar-refractivity contribution in [2.24, 2.45) is 0 Å². The molecular weight excluding hydrogens is 246 g/mol. The van der Waals surface area contributed by atoms with Crippen molar-refractivity contribution in [1.29, 1.82) is 0 Å². The highest BCUT2D eigenvalue weighted by Gasteiger charge is 2.17. The van der Waals surface area contributed by atoms with Crippen LogP contribution in [0.5, 0.6) is 0 Å². The molecule has 1 saturated heterocycles. The van der Waals surface area contributed by atoms with Gasteiger partial charge in [0, 0.05) is 56.9 Å². The lowest BCUT2D eigenvalue weighted by Gasteiger charge is -2.34. The van der Waals surface area contributed by atoms with Crippen molar-refractivity contribution in [3.63, 3.8) is 0 Å². The fourth-order valence-electron chi connectivity index (χ4n) is 2.13. The summed E-state index contributed by atoms with van der Waals surface area (Å²) < 4.78 is 0. The Balaban J connectivity index is 1.70. The van der Waals surface area contributed by atoms with Crippen LogP contribution in [0.4, 0.5) is 5.13 Å². The molecule has 0 atom stereocenters. The maximum Gasteiger partial charge on any atom is 0.180 e. The van der Waals surface area contributed by atoms with Gasteiger partial charge in [-0.3, -0.25) is 9.80 Å². The molecule has 2 N–H and O–H groups in total. The SMILES string of the molecule is CN(C)CCN1CCN(Cc2cnc(N)s2)CC1. The van der Waals surface area contributed by atoms with E-state index in [1.807, 2.05) is 6.20 Å². The molecule has 5 nitrogen and oxygen atoms in total. The number of thiazole rings is 1. The smallest absolute Gasteiger partial charge is 0.180 e. The number of nitrogens with zero attached hydrogens (tertiary/aromatic N) is 4. The Hall–Kier alpha value is -0.690. The van der Waals surface area contributed by atoms with Crippen LogP contribution in [-0.4, -0.2) is 73.0 Å². The summed E-state index contributed by atoms with van der Waals surface area (Å²) in [5, 5.41) is 0.676. The van der Waals surface area contributed by atoms with Crippen molar-refractivity contribution in [2.75, 3.05) is 59.1 Å². The fourth-order valence-corrected chi connectivity index (χ4v) is 2.86. The van der Waals surface area contributed by atoms with Crippen LogP contribution in [0.1, 0.15) is 4.88 Å². The third-order valence-electron chi connectivity index (χ3n) is 3.28. The molecule has 0 radical (unpaired) electrons. The maximum atomic E-state index is 5.65. The van der Waals surface area contributed by atoms with Crippen LogP contribution < -0.4 is 5.73 Å². The highest BCUT2D eigenvalue weighted by molar-refractivity contribution is 7.15. The first-order chi connectivity index (χ1) is 8.63. The van der Waals surface area contributed by atoms with Gasteiger partial charge in [-0.1, -0.05) is 0 Å². The standard InChI is InChI=1S/C12H23N5S/c1-15(2)3-4-16-5-7-17(8-6-16)10-11-9-14-12(13)18-11/h9H,3-8,10H2,1-2H3,(H2,13,14). The van der Waals surface area contributed by atoms with E-state index in [9.17, 15) is 0 Å². The van der Waals surface area contributed by atoms with Crippen molar-refractivity contribution in [1.82, 2.24) is 19.7 Å². The van der Waals surface area contributed by atoms with Gasteiger partial charge < -0.3 is 10.6 Å². The van der Waals surface area contributed by atoms with Crippen molar-refractivity contribution < 1.29 is 0 Å². The average Bonchev–Trinajstić information content (AvgIpc) is 2.74. The number of rotatable bonds is 5. The number of aromatic nitrogens is 1. The van der Waals surface area contributed by atoms with Crippen LogP contribution in [0.3, 0.4) is 0 Å². The Kier molecular flexibility index (Phi) is 4.94. The number of nitrogens with two attached hydrogens (primary N) is 1. The second-order valence-electron chi connectivity index (χ2n) is 5.09. The van der Waals surface area contributed by atoms with Gasteiger partial charge in [0.25, 0.3) is 0 Å². The Labute approximate surface area is 113 Å². The Bertz CT molecular complexity index is 357. The molecule has 2 heterocycles. The quantitative estimate of drug-likeness (QED) is 0.839. The van der Waals surface area contributed by atoms with Crippen molar-refractivity contribution in [3.05, 3.63) is 11.1 Å². The minimum atomic E-state index is 0.676. The van der Waals surface area contributed by atoms with E-state index in [4.69, 9.17) is 5.73 Å². The summed E-state index contributed by atoms with van der Waals surface area (Å²) >= 11 is 1.60. The molecule has 1 aromatic rings. The molecule has 0 unspecified atom stereocenters. The summed E-state index contributed by atoms with van der Waals surface area (Å²) in [4.78, 5) is 12.6. The topological polar surface area (TPSA) is 48.6 Å². The average molecular weight is 269 g/mol. The number of anilines is 1. The van der Waals surface area contributed by atoms with Crippen molar-refractivity contribution >= 4 is 16.5 Å². The lowest BCUT2D eigenvalue weighted by molar-refractivity contribution is 0.121. The van der Waals surface area contributed by atoms with E-state index in [0.29, 0.717) is 5.13 Å². The molecule has 0 saturated carbocycles. The van der Waals surface area contributed by atoms with E-state index in [2.05, 4.69) is 33.8 Å². The van der Waals surface area contributed by atoms with Gasteiger partial charge >= 0.3 is 0 Å². The minimum absolute atomic E-state index is 0.676. The molecule has 18 heavy (non-hydrogen) atoms. The van der Waals surface area contributed by atoms with E-state index in [1.54, 1.807) is 11.3 Å². The zero-order valence-corrected chi connectivity index (χ0v) is 12.1. The van der Waals surface area contributed by atoms with Crippen LogP contribution in [-0.2, 0) is 6.54 Å². The molecule has 0 aliphatic carbocycles. The third kappa shape index (κ3) is 4.20. The van der Waals surface area contributed by atoms with Crippen molar-refractivity contribution in [3.8, 4) is 0 Å². The molecule has 102 valence electrons. The second-order valence-corrected chi connectivity index (χ2v) is 6.23. The molecular formula is C12H23N5S. The fraction of sp³-hybridized carbons (Fsp3) is 0.750. The van der Waals surface area contributed by atoms with Crippen LogP contribution in [0.2, 0.25) is 0 Å². The van der Waals surface area contributed by atoms with E-state index in [0.717, 1.165) is 26.2 Å². The number of hydrogen-bond donors (Lipinski definition) is 1. The Morgan fingerprint density at radius 3 is 2.50 bits per heavy atom. The predicted octanol–water partition coefficient (Wildman–Crippen LogP) is 0.405. The number of hydrogen-bond acceptors (Lipinski definition) is 6. The monoisotopic (exact) mass is 269 g/mol. The molecule has 0 amide bonds. The zero-order valence-electron chi connectivity index (χ0n) is 11.3. The van der Waals surface area contributed by atoms with E-state index in [-0.39, 0.29) is 0 Å². The van der Waals surface area contributed by atoms with Crippen LogP contribution in [0.15, 0.2) is 6.20 Å². The normalized spacial score (nSPS) is 18.6. The van der Waals surface area contributed by atoms with Gasteiger partial charge in [0.2, 0.25) is 0 Å².